The van der Waals surface area contributed by atoms with Crippen LogP contribution in [0.4, 0.5) is 0 Å². The molecule has 0 radical (unpaired) electrons. The molecule has 0 aliphatic carbocycles. The second-order valence-corrected chi connectivity index (χ2v) is 5.31. The number of esters is 1. The normalized spacial score (nSPS) is 10.1. The first-order valence-corrected chi connectivity index (χ1v) is 7.14. The van der Waals surface area contributed by atoms with Crippen LogP contribution in [0, 0.1) is 3.57 Å². The molecule has 5 nitrogen and oxygen atoms in total. The van der Waals surface area contributed by atoms with E-state index in [1.807, 2.05) is 18.2 Å². The van der Waals surface area contributed by atoms with Gasteiger partial charge in [0, 0.05) is 21.4 Å². The number of methoxy groups -OCH3 is 3. The Morgan fingerprint density at radius 3 is 2.10 bits per heavy atom. The molecular weight excluding hydrogens is 385 g/mol. The fourth-order valence-corrected chi connectivity index (χ4v) is 2.51. The molecule has 0 aliphatic heterocycles. The Hall–Kier alpha value is -1.83. The third-order valence-electron chi connectivity index (χ3n) is 2.90. The van der Waals surface area contributed by atoms with Gasteiger partial charge in [-0.05, 0) is 46.4 Å². The first-order chi connectivity index (χ1) is 10.1. The lowest BCUT2D eigenvalue weighted by atomic mass is 10.1. The van der Waals surface area contributed by atoms with Gasteiger partial charge in [-0.25, -0.2) is 9.78 Å². The van der Waals surface area contributed by atoms with Crippen molar-refractivity contribution in [2.45, 2.75) is 0 Å². The maximum atomic E-state index is 11.6. The number of ether oxygens (including phenoxy) is 3. The predicted octanol–water partition coefficient (Wildman–Crippen LogP) is 3.16. The minimum Gasteiger partial charge on any atom is -0.497 e. The van der Waals surface area contributed by atoms with Gasteiger partial charge in [0.1, 0.15) is 11.5 Å². The quantitative estimate of drug-likeness (QED) is 0.584. The van der Waals surface area contributed by atoms with Gasteiger partial charge in [0.2, 0.25) is 0 Å². The minimum absolute atomic E-state index is 0.303. The molecule has 0 saturated heterocycles. The number of hydrogen-bond acceptors (Lipinski definition) is 5. The van der Waals surface area contributed by atoms with Gasteiger partial charge < -0.3 is 14.2 Å². The smallest absolute Gasteiger partial charge is 0.357 e. The summed E-state index contributed by atoms with van der Waals surface area (Å²) in [7, 11) is 4.53. The highest BCUT2D eigenvalue weighted by Crippen LogP contribution is 2.30. The molecule has 0 amide bonds. The van der Waals surface area contributed by atoms with Crippen molar-refractivity contribution >= 4 is 28.6 Å². The van der Waals surface area contributed by atoms with Gasteiger partial charge in [0.25, 0.3) is 0 Å². The number of pyridine rings is 1. The molecule has 110 valence electrons. The summed E-state index contributed by atoms with van der Waals surface area (Å²) in [5, 5.41) is 0. The average molecular weight is 399 g/mol. The van der Waals surface area contributed by atoms with Gasteiger partial charge in [-0.3, -0.25) is 0 Å². The molecule has 0 atom stereocenters. The summed E-state index contributed by atoms with van der Waals surface area (Å²) < 4.78 is 15.9. The number of carbonyl (C=O) groups is 1. The van der Waals surface area contributed by atoms with E-state index in [1.165, 1.54) is 7.11 Å². The molecule has 1 aromatic carbocycles. The lowest BCUT2D eigenvalue weighted by Crippen LogP contribution is -2.06. The number of rotatable bonds is 4. The number of benzene rings is 1. The summed E-state index contributed by atoms with van der Waals surface area (Å²) in [5.74, 6) is 0.932. The number of hydrogen-bond donors (Lipinski definition) is 0. The molecule has 0 spiro atoms. The van der Waals surface area contributed by atoms with Crippen molar-refractivity contribution in [3.8, 4) is 22.6 Å². The number of carbonyl (C=O) groups excluding carboxylic acids is 1. The van der Waals surface area contributed by atoms with Crippen molar-refractivity contribution < 1.29 is 19.0 Å². The predicted molar refractivity (Wildman–Crippen MR) is 86.8 cm³/mol. The molecule has 21 heavy (non-hydrogen) atoms. The molecule has 0 N–H and O–H groups in total. The van der Waals surface area contributed by atoms with Gasteiger partial charge in [-0.2, -0.15) is 0 Å². The third kappa shape index (κ3) is 3.44. The maximum Gasteiger partial charge on any atom is 0.357 e. The summed E-state index contributed by atoms with van der Waals surface area (Å²) in [6, 6.07) is 7.43. The van der Waals surface area contributed by atoms with E-state index in [4.69, 9.17) is 9.47 Å². The van der Waals surface area contributed by atoms with Crippen molar-refractivity contribution in [2.75, 3.05) is 21.3 Å². The highest BCUT2D eigenvalue weighted by atomic mass is 127. The Labute approximate surface area is 136 Å². The van der Waals surface area contributed by atoms with E-state index in [2.05, 4.69) is 32.3 Å². The minimum atomic E-state index is -0.450. The van der Waals surface area contributed by atoms with Crippen molar-refractivity contribution in [3.05, 3.63) is 39.7 Å². The van der Waals surface area contributed by atoms with Crippen LogP contribution in [-0.2, 0) is 4.74 Å². The molecule has 6 heteroatoms. The van der Waals surface area contributed by atoms with Gasteiger partial charge in [-0.1, -0.05) is 0 Å². The summed E-state index contributed by atoms with van der Waals surface area (Å²) in [5.41, 5.74) is 2.06. The highest BCUT2D eigenvalue weighted by Gasteiger charge is 2.13. The van der Waals surface area contributed by atoms with E-state index in [0.29, 0.717) is 17.2 Å². The van der Waals surface area contributed by atoms with Crippen LogP contribution in [0.1, 0.15) is 10.5 Å². The van der Waals surface area contributed by atoms with Gasteiger partial charge in [0.15, 0.2) is 5.69 Å². The lowest BCUT2D eigenvalue weighted by Gasteiger charge is -2.09. The molecule has 0 fully saturated rings. The van der Waals surface area contributed by atoms with Crippen molar-refractivity contribution in [3.63, 3.8) is 0 Å². The van der Waals surface area contributed by atoms with Crippen LogP contribution in [0.15, 0.2) is 30.5 Å². The second kappa shape index (κ2) is 6.75. The van der Waals surface area contributed by atoms with E-state index in [0.717, 1.165) is 14.7 Å². The van der Waals surface area contributed by atoms with Gasteiger partial charge in [-0.15, -0.1) is 0 Å². The number of nitrogens with zero attached hydrogens (tertiary/aromatic N) is 1. The van der Waals surface area contributed by atoms with E-state index in [-0.39, 0.29) is 0 Å². The number of halogens is 1. The zero-order valence-electron chi connectivity index (χ0n) is 11.8. The summed E-state index contributed by atoms with van der Waals surface area (Å²) >= 11 is 2.06. The molecule has 1 heterocycles. The third-order valence-corrected chi connectivity index (χ3v) is 3.73. The summed E-state index contributed by atoms with van der Waals surface area (Å²) in [6.07, 6.45) is 1.63. The fourth-order valence-electron chi connectivity index (χ4n) is 1.82. The Kier molecular flexibility index (Phi) is 5.00. The van der Waals surface area contributed by atoms with Crippen LogP contribution in [0.2, 0.25) is 0 Å². The van der Waals surface area contributed by atoms with Crippen LogP contribution < -0.4 is 9.47 Å². The van der Waals surface area contributed by atoms with E-state index < -0.39 is 5.97 Å². The average Bonchev–Trinajstić information content (AvgIpc) is 2.53. The summed E-state index contributed by atoms with van der Waals surface area (Å²) in [6.45, 7) is 0. The van der Waals surface area contributed by atoms with Crippen LogP contribution in [0.5, 0.6) is 11.5 Å². The molecule has 2 rings (SSSR count). The van der Waals surface area contributed by atoms with E-state index in [9.17, 15) is 4.79 Å². The first kappa shape index (κ1) is 15.6. The van der Waals surface area contributed by atoms with Gasteiger partial charge >= 0.3 is 5.97 Å². The molecular formula is C15H14INO4. The zero-order valence-corrected chi connectivity index (χ0v) is 14.0. The fraction of sp³-hybridized carbons (Fsp3) is 0.200. The molecule has 1 aromatic heterocycles. The Morgan fingerprint density at radius 1 is 1.00 bits per heavy atom. The Morgan fingerprint density at radius 2 is 1.62 bits per heavy atom. The van der Waals surface area contributed by atoms with Crippen molar-refractivity contribution in [1.29, 1.82) is 0 Å². The standard InChI is InChI=1S/C15H14INO4/c1-19-11-4-9(5-12(7-11)20-2)10-6-13(16)14(17-8-10)15(18)21-3/h4-8H,1-3H3. The molecule has 0 bridgehead atoms. The summed E-state index contributed by atoms with van der Waals surface area (Å²) in [4.78, 5) is 15.7. The molecule has 0 saturated carbocycles. The first-order valence-electron chi connectivity index (χ1n) is 6.06. The lowest BCUT2D eigenvalue weighted by molar-refractivity contribution is 0.0592. The molecule has 2 aromatic rings. The van der Waals surface area contributed by atoms with E-state index >= 15 is 0 Å². The maximum absolute atomic E-state index is 11.6. The van der Waals surface area contributed by atoms with Gasteiger partial charge in [0.05, 0.1) is 21.3 Å². The molecule has 0 unspecified atom stereocenters. The van der Waals surface area contributed by atoms with Crippen LogP contribution >= 0.6 is 22.6 Å². The van der Waals surface area contributed by atoms with Crippen LogP contribution in [0.25, 0.3) is 11.1 Å². The Bertz CT molecular complexity index is 650. The highest BCUT2D eigenvalue weighted by molar-refractivity contribution is 14.1. The van der Waals surface area contributed by atoms with Crippen LogP contribution in [-0.4, -0.2) is 32.3 Å². The van der Waals surface area contributed by atoms with Crippen molar-refractivity contribution in [2.24, 2.45) is 0 Å². The SMILES string of the molecule is COC(=O)c1ncc(-c2cc(OC)cc(OC)c2)cc1I. The largest absolute Gasteiger partial charge is 0.497 e. The van der Waals surface area contributed by atoms with Crippen LogP contribution in [0.3, 0.4) is 0 Å². The Balaban J connectivity index is 2.47. The zero-order chi connectivity index (χ0) is 15.4. The second-order valence-electron chi connectivity index (χ2n) is 4.15. The molecule has 0 aliphatic rings. The van der Waals surface area contributed by atoms with E-state index in [1.54, 1.807) is 26.5 Å². The number of aromatic nitrogens is 1. The van der Waals surface area contributed by atoms with Crippen molar-refractivity contribution in [1.82, 2.24) is 4.98 Å². The monoisotopic (exact) mass is 399 g/mol. The topological polar surface area (TPSA) is 57.7 Å².